The predicted octanol–water partition coefficient (Wildman–Crippen LogP) is 1.25. The van der Waals surface area contributed by atoms with Crippen LogP contribution < -0.4 is 5.73 Å². The molecule has 18 heavy (non-hydrogen) atoms. The number of halogens is 1. The summed E-state index contributed by atoms with van der Waals surface area (Å²) >= 11 is 0. The molecule has 0 radical (unpaired) electrons. The number of carbonyl (C=O) groups excluding carboxylic acids is 1. The molecule has 1 fully saturated rings. The van der Waals surface area contributed by atoms with Crippen molar-refractivity contribution >= 4 is 11.6 Å². The molecule has 0 atom stereocenters. The van der Waals surface area contributed by atoms with E-state index in [1.165, 1.54) is 12.1 Å². The van der Waals surface area contributed by atoms with E-state index in [1.54, 1.807) is 11.9 Å². The van der Waals surface area contributed by atoms with Gasteiger partial charge in [-0.05, 0) is 37.0 Å². The molecule has 1 aromatic carbocycles. The van der Waals surface area contributed by atoms with Crippen LogP contribution in [0.5, 0.6) is 0 Å². The second-order valence-electron chi connectivity index (χ2n) is 4.91. The summed E-state index contributed by atoms with van der Waals surface area (Å²) in [6.45, 7) is 0.590. The highest BCUT2D eigenvalue weighted by Crippen LogP contribution is 2.28. The van der Waals surface area contributed by atoms with Crippen molar-refractivity contribution in [3.05, 3.63) is 29.6 Å². The number of amides is 1. The van der Waals surface area contributed by atoms with Crippen LogP contribution in [-0.2, 0) is 0 Å². The van der Waals surface area contributed by atoms with Crippen molar-refractivity contribution in [3.8, 4) is 0 Å². The van der Waals surface area contributed by atoms with Crippen molar-refractivity contribution in [2.45, 2.75) is 18.9 Å². The Morgan fingerprint density at radius 3 is 2.78 bits per heavy atom. The van der Waals surface area contributed by atoms with Crippen LogP contribution >= 0.6 is 0 Å². The topological polar surface area (TPSA) is 66.6 Å². The lowest BCUT2D eigenvalue weighted by Crippen LogP contribution is -2.39. The van der Waals surface area contributed by atoms with E-state index in [4.69, 9.17) is 5.73 Å². The molecule has 0 aliphatic heterocycles. The first kappa shape index (κ1) is 12.8. The first-order chi connectivity index (χ1) is 8.47. The molecular formula is C13H17FN2O2. The van der Waals surface area contributed by atoms with Crippen molar-refractivity contribution in [1.29, 1.82) is 0 Å². The van der Waals surface area contributed by atoms with E-state index in [-0.39, 0.29) is 17.7 Å². The van der Waals surface area contributed by atoms with E-state index in [0.29, 0.717) is 18.0 Å². The van der Waals surface area contributed by atoms with Gasteiger partial charge in [0.25, 0.3) is 5.91 Å². The summed E-state index contributed by atoms with van der Waals surface area (Å²) in [4.78, 5) is 13.7. The Morgan fingerprint density at radius 1 is 1.56 bits per heavy atom. The SMILES string of the molecule is CN(CC1CC(O)C1)C(=O)c1ccc(F)cc1N. The first-order valence-electron chi connectivity index (χ1n) is 5.96. The molecule has 0 aromatic heterocycles. The number of nitrogen functional groups attached to an aromatic ring is 1. The third-order valence-corrected chi connectivity index (χ3v) is 3.33. The molecule has 3 N–H and O–H groups in total. The molecule has 0 heterocycles. The Balaban J connectivity index is 2.01. The maximum atomic E-state index is 12.9. The molecule has 0 spiro atoms. The van der Waals surface area contributed by atoms with Crippen LogP contribution in [0.4, 0.5) is 10.1 Å². The lowest BCUT2D eigenvalue weighted by atomic mass is 9.82. The van der Waals surface area contributed by atoms with Gasteiger partial charge in [0.05, 0.1) is 11.7 Å². The minimum absolute atomic E-state index is 0.153. The molecule has 1 amide bonds. The Bertz CT molecular complexity index is 458. The van der Waals surface area contributed by atoms with Crippen molar-refractivity contribution in [2.75, 3.05) is 19.3 Å². The second-order valence-corrected chi connectivity index (χ2v) is 4.91. The molecule has 1 aliphatic carbocycles. The van der Waals surface area contributed by atoms with Gasteiger partial charge in [0.2, 0.25) is 0 Å². The Kier molecular flexibility index (Phi) is 3.52. The summed E-state index contributed by atoms with van der Waals surface area (Å²) in [7, 11) is 1.69. The average Bonchev–Trinajstić information content (AvgIpc) is 2.26. The summed E-state index contributed by atoms with van der Waals surface area (Å²) in [6, 6.07) is 3.78. The van der Waals surface area contributed by atoms with Crippen LogP contribution in [0.2, 0.25) is 0 Å². The van der Waals surface area contributed by atoms with Gasteiger partial charge in [-0.1, -0.05) is 0 Å². The van der Waals surface area contributed by atoms with E-state index < -0.39 is 5.82 Å². The maximum absolute atomic E-state index is 12.9. The minimum Gasteiger partial charge on any atom is -0.398 e. The molecular weight excluding hydrogens is 235 g/mol. The largest absolute Gasteiger partial charge is 0.398 e. The molecule has 1 aliphatic rings. The molecule has 1 aromatic rings. The van der Waals surface area contributed by atoms with E-state index in [1.807, 2.05) is 0 Å². The zero-order valence-corrected chi connectivity index (χ0v) is 10.3. The smallest absolute Gasteiger partial charge is 0.255 e. The summed E-state index contributed by atoms with van der Waals surface area (Å²) in [5.74, 6) is -0.321. The Hall–Kier alpha value is -1.62. The predicted molar refractivity (Wildman–Crippen MR) is 66.5 cm³/mol. The third kappa shape index (κ3) is 2.61. The van der Waals surface area contributed by atoms with Crippen LogP contribution in [0.25, 0.3) is 0 Å². The number of hydrogen-bond donors (Lipinski definition) is 2. The van der Waals surface area contributed by atoms with Gasteiger partial charge in [-0.3, -0.25) is 4.79 Å². The van der Waals surface area contributed by atoms with Gasteiger partial charge in [0, 0.05) is 19.3 Å². The van der Waals surface area contributed by atoms with Gasteiger partial charge < -0.3 is 15.7 Å². The normalized spacial score (nSPS) is 22.4. The zero-order chi connectivity index (χ0) is 13.3. The number of anilines is 1. The van der Waals surface area contributed by atoms with Gasteiger partial charge in [-0.15, -0.1) is 0 Å². The fourth-order valence-electron chi connectivity index (χ4n) is 2.25. The molecule has 0 bridgehead atoms. The maximum Gasteiger partial charge on any atom is 0.255 e. The highest BCUT2D eigenvalue weighted by Gasteiger charge is 2.29. The van der Waals surface area contributed by atoms with Crippen molar-refractivity contribution in [1.82, 2.24) is 4.90 Å². The number of nitrogens with two attached hydrogens (primary N) is 1. The first-order valence-corrected chi connectivity index (χ1v) is 5.96. The van der Waals surface area contributed by atoms with Gasteiger partial charge in [0.15, 0.2) is 0 Å². The Labute approximate surface area is 105 Å². The van der Waals surface area contributed by atoms with Crippen LogP contribution in [0.1, 0.15) is 23.2 Å². The molecule has 4 nitrogen and oxygen atoms in total. The number of rotatable bonds is 3. The van der Waals surface area contributed by atoms with E-state index in [9.17, 15) is 14.3 Å². The van der Waals surface area contributed by atoms with Crippen LogP contribution in [0.15, 0.2) is 18.2 Å². The van der Waals surface area contributed by atoms with E-state index in [0.717, 1.165) is 18.9 Å². The fourth-order valence-corrected chi connectivity index (χ4v) is 2.25. The Morgan fingerprint density at radius 2 is 2.22 bits per heavy atom. The highest BCUT2D eigenvalue weighted by atomic mass is 19.1. The van der Waals surface area contributed by atoms with Crippen LogP contribution in [-0.4, -0.2) is 35.6 Å². The van der Waals surface area contributed by atoms with Gasteiger partial charge in [-0.2, -0.15) is 0 Å². The fraction of sp³-hybridized carbons (Fsp3) is 0.462. The number of carbonyl (C=O) groups is 1. The van der Waals surface area contributed by atoms with Gasteiger partial charge in [0.1, 0.15) is 5.82 Å². The standard InChI is InChI=1S/C13H17FN2O2/c1-16(7-8-4-10(17)5-8)13(18)11-3-2-9(14)6-12(11)15/h2-3,6,8,10,17H,4-5,7,15H2,1H3. The molecule has 5 heteroatoms. The van der Waals surface area contributed by atoms with E-state index >= 15 is 0 Å². The summed E-state index contributed by atoms with van der Waals surface area (Å²) in [6.07, 6.45) is 1.24. The number of aliphatic hydroxyl groups is 1. The molecule has 0 saturated heterocycles. The average molecular weight is 252 g/mol. The lowest BCUT2D eigenvalue weighted by Gasteiger charge is -2.34. The zero-order valence-electron chi connectivity index (χ0n) is 10.3. The monoisotopic (exact) mass is 252 g/mol. The lowest BCUT2D eigenvalue weighted by molar-refractivity contribution is 0.0265. The van der Waals surface area contributed by atoms with Crippen molar-refractivity contribution in [3.63, 3.8) is 0 Å². The number of nitrogens with zero attached hydrogens (tertiary/aromatic N) is 1. The van der Waals surface area contributed by atoms with E-state index in [2.05, 4.69) is 0 Å². The highest BCUT2D eigenvalue weighted by molar-refractivity contribution is 5.98. The van der Waals surface area contributed by atoms with Crippen LogP contribution in [0.3, 0.4) is 0 Å². The van der Waals surface area contributed by atoms with Crippen molar-refractivity contribution < 1.29 is 14.3 Å². The summed E-state index contributed by atoms with van der Waals surface area (Å²) in [5.41, 5.74) is 6.10. The second kappa shape index (κ2) is 4.94. The molecule has 2 rings (SSSR count). The molecule has 98 valence electrons. The van der Waals surface area contributed by atoms with Crippen LogP contribution in [0, 0.1) is 11.7 Å². The summed E-state index contributed by atoms with van der Waals surface area (Å²) < 4.78 is 12.9. The minimum atomic E-state index is -0.450. The number of hydrogen-bond acceptors (Lipinski definition) is 3. The molecule has 0 unspecified atom stereocenters. The number of benzene rings is 1. The third-order valence-electron chi connectivity index (χ3n) is 3.33. The quantitative estimate of drug-likeness (QED) is 0.796. The van der Waals surface area contributed by atoms with Gasteiger partial charge >= 0.3 is 0 Å². The van der Waals surface area contributed by atoms with Gasteiger partial charge in [-0.25, -0.2) is 4.39 Å². The number of aliphatic hydroxyl groups excluding tert-OH is 1. The molecule has 1 saturated carbocycles. The van der Waals surface area contributed by atoms with Crippen molar-refractivity contribution in [2.24, 2.45) is 5.92 Å². The summed E-state index contributed by atoms with van der Waals surface area (Å²) in [5, 5.41) is 9.20.